The number of carbonyl (C=O) groups is 1. The fourth-order valence-electron chi connectivity index (χ4n) is 1.77. The Labute approximate surface area is 112 Å². The largest absolute Gasteiger partial charge is 0.467 e. The third-order valence-electron chi connectivity index (χ3n) is 2.57. The first-order valence-electron chi connectivity index (χ1n) is 5.59. The Hall–Kier alpha value is -1.10. The van der Waals surface area contributed by atoms with Crippen molar-refractivity contribution < 1.29 is 14.6 Å². The van der Waals surface area contributed by atoms with Crippen LogP contribution < -0.4 is 0 Å². The molecule has 0 fully saturated rings. The van der Waals surface area contributed by atoms with Gasteiger partial charge < -0.3 is 9.84 Å². The molecule has 0 aliphatic heterocycles. The van der Waals surface area contributed by atoms with Crippen LogP contribution in [0, 0.1) is 0 Å². The van der Waals surface area contributed by atoms with Crippen LogP contribution in [0.5, 0.6) is 0 Å². The Kier molecular flexibility index (Phi) is 5.14. The van der Waals surface area contributed by atoms with Gasteiger partial charge in [-0.2, -0.15) is 0 Å². The first kappa shape index (κ1) is 15.0. The van der Waals surface area contributed by atoms with Gasteiger partial charge in [0.05, 0.1) is 7.11 Å². The number of nitrogens with zero attached hydrogens (tertiary/aromatic N) is 1. The molecular formula is C13H18ClNO3. The van der Waals surface area contributed by atoms with Crippen molar-refractivity contribution >= 4 is 17.6 Å². The summed E-state index contributed by atoms with van der Waals surface area (Å²) in [6.07, 6.45) is 0. The zero-order chi connectivity index (χ0) is 13.8. The van der Waals surface area contributed by atoms with Gasteiger partial charge in [-0.15, -0.1) is 0 Å². The molecule has 0 radical (unpaired) electrons. The van der Waals surface area contributed by atoms with Crippen molar-refractivity contribution in [1.82, 2.24) is 4.90 Å². The lowest BCUT2D eigenvalue weighted by Gasteiger charge is -2.26. The number of rotatable bonds is 5. The molecule has 18 heavy (non-hydrogen) atoms. The van der Waals surface area contributed by atoms with Crippen molar-refractivity contribution in [3.63, 3.8) is 0 Å². The van der Waals surface area contributed by atoms with Crippen LogP contribution in [0.15, 0.2) is 24.3 Å². The Morgan fingerprint density at radius 1 is 1.44 bits per heavy atom. The molecule has 1 aromatic carbocycles. The number of benzene rings is 1. The molecule has 0 bridgehead atoms. The lowest BCUT2D eigenvalue weighted by Crippen LogP contribution is -2.46. The Bertz CT molecular complexity index is 403. The summed E-state index contributed by atoms with van der Waals surface area (Å²) < 4.78 is 4.55. The second-order valence-corrected chi connectivity index (χ2v) is 5.00. The predicted octanol–water partition coefficient (Wildman–Crippen LogP) is 1.70. The lowest BCUT2D eigenvalue weighted by molar-refractivity contribution is -0.162. The van der Waals surface area contributed by atoms with E-state index in [1.54, 1.807) is 0 Å². The number of likely N-dealkylation sites (N-methyl/N-ethyl adjacent to an activating group) is 1. The van der Waals surface area contributed by atoms with Gasteiger partial charge in [0.25, 0.3) is 0 Å². The van der Waals surface area contributed by atoms with E-state index in [9.17, 15) is 9.90 Å². The summed E-state index contributed by atoms with van der Waals surface area (Å²) >= 11 is 5.80. The highest BCUT2D eigenvalue weighted by atomic mass is 35.5. The summed E-state index contributed by atoms with van der Waals surface area (Å²) in [6, 6.07) is 7.43. The zero-order valence-electron chi connectivity index (χ0n) is 10.8. The standard InChI is InChI=1S/C13H18ClNO3/c1-13(17,12(16)18-3)9-15(2)8-10-4-6-11(14)7-5-10/h4-7,17H,8-9H2,1-3H3. The highest BCUT2D eigenvalue weighted by molar-refractivity contribution is 6.30. The summed E-state index contributed by atoms with van der Waals surface area (Å²) in [5.41, 5.74) is -0.446. The molecule has 1 unspecified atom stereocenters. The lowest BCUT2D eigenvalue weighted by atomic mass is 10.1. The summed E-state index contributed by atoms with van der Waals surface area (Å²) in [4.78, 5) is 13.2. The van der Waals surface area contributed by atoms with Crippen molar-refractivity contribution in [2.24, 2.45) is 0 Å². The van der Waals surface area contributed by atoms with Crippen molar-refractivity contribution in [2.45, 2.75) is 19.1 Å². The molecule has 0 aliphatic rings. The van der Waals surface area contributed by atoms with Crippen molar-refractivity contribution in [1.29, 1.82) is 0 Å². The molecule has 0 aromatic heterocycles. The number of hydrogen-bond acceptors (Lipinski definition) is 4. The number of hydrogen-bond donors (Lipinski definition) is 1. The van der Waals surface area contributed by atoms with Crippen LogP contribution in [-0.4, -0.2) is 42.3 Å². The normalized spacial score (nSPS) is 14.3. The van der Waals surface area contributed by atoms with Gasteiger partial charge in [0.1, 0.15) is 0 Å². The molecule has 1 atom stereocenters. The third-order valence-corrected chi connectivity index (χ3v) is 2.82. The number of carbonyl (C=O) groups excluding carboxylic acids is 1. The molecule has 0 aliphatic carbocycles. The molecule has 1 aromatic rings. The number of esters is 1. The van der Waals surface area contributed by atoms with Crippen LogP contribution >= 0.6 is 11.6 Å². The van der Waals surface area contributed by atoms with Crippen LogP contribution in [0.3, 0.4) is 0 Å². The number of halogens is 1. The molecule has 4 nitrogen and oxygen atoms in total. The van der Waals surface area contributed by atoms with E-state index < -0.39 is 11.6 Å². The minimum atomic E-state index is -1.50. The van der Waals surface area contributed by atoms with Gasteiger partial charge in [-0.25, -0.2) is 4.79 Å². The van der Waals surface area contributed by atoms with Gasteiger partial charge in [0.2, 0.25) is 0 Å². The van der Waals surface area contributed by atoms with Gasteiger partial charge in [-0.05, 0) is 31.7 Å². The minimum absolute atomic E-state index is 0.197. The van der Waals surface area contributed by atoms with Crippen LogP contribution in [0.4, 0.5) is 0 Å². The Morgan fingerprint density at radius 2 is 2.00 bits per heavy atom. The summed E-state index contributed by atoms with van der Waals surface area (Å²) in [7, 11) is 3.09. The van der Waals surface area contributed by atoms with Crippen LogP contribution in [-0.2, 0) is 16.1 Å². The molecule has 0 heterocycles. The highest BCUT2D eigenvalue weighted by Gasteiger charge is 2.32. The zero-order valence-corrected chi connectivity index (χ0v) is 11.6. The molecule has 100 valence electrons. The maximum Gasteiger partial charge on any atom is 0.338 e. The predicted molar refractivity (Wildman–Crippen MR) is 70.4 cm³/mol. The quantitative estimate of drug-likeness (QED) is 0.828. The van der Waals surface area contributed by atoms with Gasteiger partial charge >= 0.3 is 5.97 Å². The summed E-state index contributed by atoms with van der Waals surface area (Å²) in [5, 5.41) is 10.6. The van der Waals surface area contributed by atoms with Gasteiger partial charge in [0, 0.05) is 18.1 Å². The minimum Gasteiger partial charge on any atom is -0.467 e. The molecule has 0 spiro atoms. The average molecular weight is 272 g/mol. The molecule has 1 rings (SSSR count). The SMILES string of the molecule is COC(=O)C(C)(O)CN(C)Cc1ccc(Cl)cc1. The molecule has 0 saturated heterocycles. The van der Waals surface area contributed by atoms with Crippen LogP contribution in [0.1, 0.15) is 12.5 Å². The fraction of sp³-hybridized carbons (Fsp3) is 0.462. The maximum atomic E-state index is 11.3. The molecule has 0 saturated carbocycles. The van der Waals surface area contributed by atoms with E-state index in [0.29, 0.717) is 11.6 Å². The van der Waals surface area contributed by atoms with Crippen molar-refractivity contribution in [2.75, 3.05) is 20.7 Å². The number of aliphatic hydroxyl groups is 1. The second-order valence-electron chi connectivity index (χ2n) is 4.56. The van der Waals surface area contributed by atoms with E-state index >= 15 is 0 Å². The summed E-state index contributed by atoms with van der Waals surface area (Å²) in [6.45, 7) is 2.25. The van der Waals surface area contributed by atoms with E-state index in [2.05, 4.69) is 4.74 Å². The Balaban J connectivity index is 2.58. The third kappa shape index (κ3) is 4.29. The van der Waals surface area contributed by atoms with E-state index in [1.165, 1.54) is 14.0 Å². The molecule has 1 N–H and O–H groups in total. The molecular weight excluding hydrogens is 254 g/mol. The first-order chi connectivity index (χ1) is 8.35. The smallest absolute Gasteiger partial charge is 0.338 e. The average Bonchev–Trinajstić information content (AvgIpc) is 2.30. The van der Waals surface area contributed by atoms with Crippen molar-refractivity contribution in [3.05, 3.63) is 34.9 Å². The second kappa shape index (κ2) is 6.18. The van der Waals surface area contributed by atoms with Gasteiger partial charge in [-0.1, -0.05) is 23.7 Å². The topological polar surface area (TPSA) is 49.8 Å². The van der Waals surface area contributed by atoms with Crippen LogP contribution in [0.25, 0.3) is 0 Å². The maximum absolute atomic E-state index is 11.3. The Morgan fingerprint density at radius 3 is 2.50 bits per heavy atom. The van der Waals surface area contributed by atoms with Crippen molar-refractivity contribution in [3.8, 4) is 0 Å². The van der Waals surface area contributed by atoms with Gasteiger partial charge in [-0.3, -0.25) is 4.90 Å². The van der Waals surface area contributed by atoms with Gasteiger partial charge in [0.15, 0.2) is 5.60 Å². The van der Waals surface area contributed by atoms with Crippen LogP contribution in [0.2, 0.25) is 5.02 Å². The van der Waals surface area contributed by atoms with E-state index in [0.717, 1.165) is 5.56 Å². The first-order valence-corrected chi connectivity index (χ1v) is 5.97. The number of methoxy groups -OCH3 is 1. The summed E-state index contributed by atoms with van der Waals surface area (Å²) in [5.74, 6) is -0.634. The fourth-order valence-corrected chi connectivity index (χ4v) is 1.89. The monoisotopic (exact) mass is 271 g/mol. The highest BCUT2D eigenvalue weighted by Crippen LogP contribution is 2.13. The van der Waals surface area contributed by atoms with E-state index in [1.807, 2.05) is 36.2 Å². The molecule has 0 amide bonds. The van der Waals surface area contributed by atoms with E-state index in [-0.39, 0.29) is 6.54 Å². The van der Waals surface area contributed by atoms with E-state index in [4.69, 9.17) is 11.6 Å². The molecule has 5 heteroatoms. The number of ether oxygens (including phenoxy) is 1.